The third-order valence-corrected chi connectivity index (χ3v) is 3.60. The maximum absolute atomic E-state index is 13.3. The van der Waals surface area contributed by atoms with Gasteiger partial charge in [-0.1, -0.05) is 6.07 Å². The average Bonchev–Trinajstić information content (AvgIpc) is 2.62. The highest BCUT2D eigenvalue weighted by Gasteiger charge is 2.07. The first-order valence-electron chi connectivity index (χ1n) is 8.46. The molecule has 138 valence electrons. The van der Waals surface area contributed by atoms with Gasteiger partial charge in [0.15, 0.2) is 0 Å². The van der Waals surface area contributed by atoms with Crippen LogP contribution in [0.2, 0.25) is 0 Å². The summed E-state index contributed by atoms with van der Waals surface area (Å²) < 4.78 is 18.3. The van der Waals surface area contributed by atoms with Gasteiger partial charge in [0.05, 0.1) is 12.2 Å². The molecule has 0 fully saturated rings. The number of esters is 1. The van der Waals surface area contributed by atoms with Crippen molar-refractivity contribution in [2.45, 2.75) is 13.8 Å². The van der Waals surface area contributed by atoms with E-state index in [1.54, 1.807) is 49.4 Å². The first kappa shape index (κ1) is 18.3. The molecule has 1 heterocycles. The molecule has 6 nitrogen and oxygen atoms in total. The highest BCUT2D eigenvalue weighted by molar-refractivity contribution is 5.89. The molecule has 2 N–H and O–H groups in total. The molecule has 27 heavy (non-hydrogen) atoms. The minimum atomic E-state index is -0.358. The zero-order chi connectivity index (χ0) is 19.2. The summed E-state index contributed by atoms with van der Waals surface area (Å²) in [7, 11) is 0. The molecule has 0 saturated carbocycles. The Labute approximate surface area is 156 Å². The van der Waals surface area contributed by atoms with E-state index >= 15 is 0 Å². The smallest absolute Gasteiger partial charge is 0.338 e. The maximum atomic E-state index is 13.3. The second-order valence-electron chi connectivity index (χ2n) is 5.78. The lowest BCUT2D eigenvalue weighted by molar-refractivity contribution is 0.0526. The number of carbonyl (C=O) groups excluding carboxylic acids is 1. The van der Waals surface area contributed by atoms with Gasteiger partial charge in [-0.15, -0.1) is 0 Å². The Hall–Kier alpha value is -3.48. The number of benzene rings is 2. The Morgan fingerprint density at radius 1 is 1.04 bits per heavy atom. The molecule has 0 unspecified atom stereocenters. The fourth-order valence-electron chi connectivity index (χ4n) is 2.44. The van der Waals surface area contributed by atoms with Gasteiger partial charge in [-0.2, -0.15) is 4.98 Å². The molecule has 0 aliphatic rings. The first-order chi connectivity index (χ1) is 13.0. The van der Waals surface area contributed by atoms with Gasteiger partial charge in [-0.3, -0.25) is 0 Å². The molecular formula is C20H19FN4O2. The van der Waals surface area contributed by atoms with Crippen molar-refractivity contribution in [1.82, 2.24) is 9.97 Å². The number of aromatic nitrogens is 2. The lowest BCUT2D eigenvalue weighted by Gasteiger charge is -2.10. The van der Waals surface area contributed by atoms with Crippen LogP contribution in [0.15, 0.2) is 54.6 Å². The number of anilines is 4. The fraction of sp³-hybridized carbons (Fsp3) is 0.150. The molecule has 0 aliphatic carbocycles. The van der Waals surface area contributed by atoms with Gasteiger partial charge < -0.3 is 15.4 Å². The van der Waals surface area contributed by atoms with Gasteiger partial charge in [0.25, 0.3) is 0 Å². The number of hydrogen-bond donors (Lipinski definition) is 2. The average molecular weight is 366 g/mol. The van der Waals surface area contributed by atoms with E-state index in [4.69, 9.17) is 4.74 Å². The summed E-state index contributed by atoms with van der Waals surface area (Å²) in [6, 6.07) is 14.8. The van der Waals surface area contributed by atoms with Crippen molar-refractivity contribution in [2.75, 3.05) is 17.2 Å². The maximum Gasteiger partial charge on any atom is 0.338 e. The minimum absolute atomic E-state index is 0.333. The van der Waals surface area contributed by atoms with E-state index in [2.05, 4.69) is 20.6 Å². The molecule has 0 saturated heterocycles. The summed E-state index contributed by atoms with van der Waals surface area (Å²) in [6.45, 7) is 3.94. The monoisotopic (exact) mass is 366 g/mol. The Balaban J connectivity index is 1.75. The molecule has 2 aromatic carbocycles. The zero-order valence-electron chi connectivity index (χ0n) is 15.0. The summed E-state index contributed by atoms with van der Waals surface area (Å²) in [5.74, 6) is 0.229. The summed E-state index contributed by atoms with van der Waals surface area (Å²) in [6.07, 6.45) is 0. The lowest BCUT2D eigenvalue weighted by atomic mass is 10.2. The Bertz CT molecular complexity index is 945. The van der Waals surface area contributed by atoms with Crippen molar-refractivity contribution in [2.24, 2.45) is 0 Å². The van der Waals surface area contributed by atoms with Gasteiger partial charge in [-0.25, -0.2) is 14.2 Å². The van der Waals surface area contributed by atoms with Crippen molar-refractivity contribution in [3.63, 3.8) is 0 Å². The summed E-state index contributed by atoms with van der Waals surface area (Å²) in [5.41, 5.74) is 2.55. The van der Waals surface area contributed by atoms with Crippen molar-refractivity contribution >= 4 is 29.1 Å². The van der Waals surface area contributed by atoms with Crippen LogP contribution in [0.3, 0.4) is 0 Å². The van der Waals surface area contributed by atoms with Gasteiger partial charge >= 0.3 is 5.97 Å². The standard InChI is InChI=1S/C20H19FN4O2/c1-3-27-19(26)14-7-9-16(10-8-14)23-18-11-13(2)22-20(25-18)24-17-6-4-5-15(21)12-17/h4-12H,3H2,1-2H3,(H2,22,23,24,25). The molecule has 3 rings (SSSR count). The van der Waals surface area contributed by atoms with Crippen LogP contribution in [0.25, 0.3) is 0 Å². The van der Waals surface area contributed by atoms with Crippen LogP contribution in [-0.2, 0) is 4.74 Å². The summed E-state index contributed by atoms with van der Waals surface area (Å²) in [4.78, 5) is 20.4. The number of carbonyl (C=O) groups is 1. The van der Waals surface area contributed by atoms with E-state index < -0.39 is 0 Å². The van der Waals surface area contributed by atoms with E-state index in [1.807, 2.05) is 6.92 Å². The predicted octanol–water partition coefficient (Wildman–Crippen LogP) is 4.59. The number of nitrogens with one attached hydrogen (secondary N) is 2. The van der Waals surface area contributed by atoms with E-state index in [0.29, 0.717) is 29.6 Å². The number of aryl methyl sites for hydroxylation is 1. The lowest BCUT2D eigenvalue weighted by Crippen LogP contribution is -2.05. The third kappa shape index (κ3) is 5.01. The van der Waals surface area contributed by atoms with Crippen LogP contribution < -0.4 is 10.6 Å². The molecule has 1 aromatic heterocycles. The fourth-order valence-corrected chi connectivity index (χ4v) is 2.44. The molecule has 0 atom stereocenters. The van der Waals surface area contributed by atoms with Crippen LogP contribution in [0.4, 0.5) is 27.5 Å². The molecule has 0 aliphatic heterocycles. The Kier molecular flexibility index (Phi) is 5.61. The summed E-state index contributed by atoms with van der Waals surface area (Å²) >= 11 is 0. The van der Waals surface area contributed by atoms with Crippen molar-refractivity contribution < 1.29 is 13.9 Å². The molecular weight excluding hydrogens is 347 g/mol. The number of hydrogen-bond acceptors (Lipinski definition) is 6. The zero-order valence-corrected chi connectivity index (χ0v) is 15.0. The highest BCUT2D eigenvalue weighted by atomic mass is 19.1. The number of nitrogens with zero attached hydrogens (tertiary/aromatic N) is 2. The molecule has 7 heteroatoms. The van der Waals surface area contributed by atoms with E-state index in [-0.39, 0.29) is 11.8 Å². The Morgan fingerprint density at radius 2 is 1.81 bits per heavy atom. The molecule has 0 radical (unpaired) electrons. The number of ether oxygens (including phenoxy) is 1. The predicted molar refractivity (Wildman–Crippen MR) is 102 cm³/mol. The number of rotatable bonds is 6. The van der Waals surface area contributed by atoms with Crippen LogP contribution in [0.5, 0.6) is 0 Å². The highest BCUT2D eigenvalue weighted by Crippen LogP contribution is 2.20. The van der Waals surface area contributed by atoms with Gasteiger partial charge in [-0.05, 0) is 56.3 Å². The number of halogens is 1. The normalized spacial score (nSPS) is 10.3. The SMILES string of the molecule is CCOC(=O)c1ccc(Nc2cc(C)nc(Nc3cccc(F)c3)n2)cc1. The molecule has 0 amide bonds. The second-order valence-corrected chi connectivity index (χ2v) is 5.78. The van der Waals surface area contributed by atoms with Gasteiger partial charge in [0.1, 0.15) is 11.6 Å². The summed E-state index contributed by atoms with van der Waals surface area (Å²) in [5, 5.41) is 6.15. The molecule has 3 aromatic rings. The van der Waals surface area contributed by atoms with Gasteiger partial charge in [0.2, 0.25) is 5.95 Å². The third-order valence-electron chi connectivity index (χ3n) is 3.60. The van der Waals surface area contributed by atoms with Crippen molar-refractivity contribution in [3.8, 4) is 0 Å². The van der Waals surface area contributed by atoms with Crippen LogP contribution in [0, 0.1) is 12.7 Å². The van der Waals surface area contributed by atoms with Crippen LogP contribution in [0.1, 0.15) is 23.0 Å². The van der Waals surface area contributed by atoms with E-state index in [9.17, 15) is 9.18 Å². The van der Waals surface area contributed by atoms with Crippen LogP contribution in [-0.4, -0.2) is 22.5 Å². The van der Waals surface area contributed by atoms with Gasteiger partial charge in [0, 0.05) is 23.1 Å². The van der Waals surface area contributed by atoms with Crippen molar-refractivity contribution in [3.05, 3.63) is 71.7 Å². The van der Waals surface area contributed by atoms with E-state index in [0.717, 1.165) is 11.4 Å². The van der Waals surface area contributed by atoms with Crippen molar-refractivity contribution in [1.29, 1.82) is 0 Å². The largest absolute Gasteiger partial charge is 0.462 e. The van der Waals surface area contributed by atoms with Crippen LogP contribution >= 0.6 is 0 Å². The topological polar surface area (TPSA) is 76.1 Å². The first-order valence-corrected chi connectivity index (χ1v) is 8.46. The second kappa shape index (κ2) is 8.27. The minimum Gasteiger partial charge on any atom is -0.462 e. The quantitative estimate of drug-likeness (QED) is 0.622. The van der Waals surface area contributed by atoms with E-state index in [1.165, 1.54) is 12.1 Å². The molecule has 0 bridgehead atoms. The Morgan fingerprint density at radius 3 is 2.52 bits per heavy atom. The molecule has 0 spiro atoms.